The molecule has 0 aliphatic heterocycles. The van der Waals surface area contributed by atoms with Gasteiger partial charge >= 0.3 is 19.8 Å². The number of ether oxygens (including phenoxy) is 2. The van der Waals surface area contributed by atoms with E-state index in [-0.39, 0.29) is 50.7 Å². The van der Waals surface area contributed by atoms with Crippen LogP contribution < -0.4 is 5.73 Å². The number of rotatable bonds is 36. The quantitative estimate of drug-likeness (QED) is 0.0203. The molecule has 1 aliphatic rings. The van der Waals surface area contributed by atoms with Gasteiger partial charge < -0.3 is 30.3 Å². The van der Waals surface area contributed by atoms with Crippen LogP contribution in [0.2, 0.25) is 0 Å². The van der Waals surface area contributed by atoms with Crippen molar-refractivity contribution >= 4 is 25.5 Å². The molecule has 1 aliphatic carbocycles. The van der Waals surface area contributed by atoms with E-state index in [4.69, 9.17) is 24.3 Å². The Hall–Kier alpha value is -2.70. The summed E-state index contributed by atoms with van der Waals surface area (Å²) in [6.45, 7) is 3.23. The highest BCUT2D eigenvalue weighted by Gasteiger charge is 2.39. The Morgan fingerprint density at radius 3 is 2.05 bits per heavy atom. The lowest BCUT2D eigenvalue weighted by Gasteiger charge is -2.19. The first-order chi connectivity index (χ1) is 28.0. The lowest BCUT2D eigenvalue weighted by molar-refractivity contribution is -0.161. The maximum absolute atomic E-state index is 12.7. The maximum atomic E-state index is 12.7. The maximum Gasteiger partial charge on any atom is 0.472 e. The molecule has 12 nitrogen and oxygen atoms in total. The molecule has 0 heterocycles. The molecule has 5 N–H and O–H groups in total. The van der Waals surface area contributed by atoms with Crippen LogP contribution in [0.3, 0.4) is 0 Å². The van der Waals surface area contributed by atoms with Gasteiger partial charge in [-0.3, -0.25) is 23.4 Å². The number of allylic oxidation sites excluding steroid dienone is 9. The van der Waals surface area contributed by atoms with Crippen molar-refractivity contribution in [1.82, 2.24) is 0 Å². The first kappa shape index (κ1) is 53.3. The number of esters is 2. The number of hydrogen-bond acceptors (Lipinski definition) is 11. The molecule has 0 saturated heterocycles. The molecule has 0 amide bonds. The Balaban J connectivity index is 2.45. The fourth-order valence-electron chi connectivity index (χ4n) is 6.39. The predicted octanol–water partition coefficient (Wildman–Crippen LogP) is 9.08. The SMILES string of the molecule is CCCCCCCC/C=C\C/C=C\C/C=C\CCCC(=O)OC[C@H](COP(=O)(O)OCCN)OC(=O)CCC/C=C\C[C@H]1[C@@H](O)CC(=O)[C@@H]1/C=C/[C@@H](O)CCCCC. The molecule has 13 heteroatoms. The van der Waals surface area contributed by atoms with Gasteiger partial charge in [0.1, 0.15) is 12.4 Å². The number of hydrogen-bond donors (Lipinski definition) is 4. The van der Waals surface area contributed by atoms with E-state index in [0.29, 0.717) is 38.5 Å². The summed E-state index contributed by atoms with van der Waals surface area (Å²) in [4.78, 5) is 47.5. The average molecular weight is 838 g/mol. The highest BCUT2D eigenvalue weighted by atomic mass is 31.2. The average Bonchev–Trinajstić information content (AvgIpc) is 3.47. The third-order valence-corrected chi connectivity index (χ3v) is 10.7. The first-order valence-corrected chi connectivity index (χ1v) is 23.4. The summed E-state index contributed by atoms with van der Waals surface area (Å²) in [5.74, 6) is -1.87. The zero-order chi connectivity index (χ0) is 42.7. The van der Waals surface area contributed by atoms with E-state index in [1.54, 1.807) is 12.2 Å². The normalized spacial score (nSPS) is 19.6. The van der Waals surface area contributed by atoms with Gasteiger partial charge in [-0.15, -0.1) is 0 Å². The number of unbranched alkanes of at least 4 members (excludes halogenated alkanes) is 10. The Labute approximate surface area is 349 Å². The Morgan fingerprint density at radius 2 is 1.38 bits per heavy atom. The second kappa shape index (κ2) is 35.1. The third kappa shape index (κ3) is 28.7. The lowest BCUT2D eigenvalue weighted by Crippen LogP contribution is -2.29. The monoisotopic (exact) mass is 838 g/mol. The van der Waals surface area contributed by atoms with Crippen LogP contribution in [0.5, 0.6) is 0 Å². The zero-order valence-electron chi connectivity index (χ0n) is 35.5. The predicted molar refractivity (Wildman–Crippen MR) is 230 cm³/mol. The molecule has 1 rings (SSSR count). The molecule has 0 bridgehead atoms. The summed E-state index contributed by atoms with van der Waals surface area (Å²) in [5.41, 5.74) is 5.34. The molecular formula is C45H76NO11P. The van der Waals surface area contributed by atoms with Crippen LogP contribution in [0.15, 0.2) is 60.8 Å². The van der Waals surface area contributed by atoms with Gasteiger partial charge in [0, 0.05) is 37.6 Å². The van der Waals surface area contributed by atoms with Gasteiger partial charge in [0.2, 0.25) is 0 Å². The van der Waals surface area contributed by atoms with Crippen LogP contribution in [0, 0.1) is 11.8 Å². The molecule has 1 fully saturated rings. The molecular weight excluding hydrogens is 761 g/mol. The van der Waals surface area contributed by atoms with E-state index >= 15 is 0 Å². The molecule has 0 spiro atoms. The topological polar surface area (TPSA) is 192 Å². The summed E-state index contributed by atoms with van der Waals surface area (Å²) in [6.07, 6.45) is 34.9. The molecule has 0 aromatic rings. The van der Waals surface area contributed by atoms with Crippen LogP contribution in [-0.4, -0.2) is 77.5 Å². The Bertz CT molecular complexity index is 1300. The summed E-state index contributed by atoms with van der Waals surface area (Å²) >= 11 is 0. The van der Waals surface area contributed by atoms with Gasteiger partial charge in [-0.25, -0.2) is 4.57 Å². The number of phosphoric ester groups is 1. The van der Waals surface area contributed by atoms with E-state index < -0.39 is 50.6 Å². The molecule has 1 unspecified atom stereocenters. The van der Waals surface area contributed by atoms with E-state index in [1.807, 2.05) is 18.2 Å². The second-order valence-electron chi connectivity index (χ2n) is 15.0. The first-order valence-electron chi connectivity index (χ1n) is 21.9. The van der Waals surface area contributed by atoms with Crippen LogP contribution in [0.1, 0.15) is 149 Å². The van der Waals surface area contributed by atoms with Gasteiger partial charge in [0.25, 0.3) is 0 Å². The number of Topliss-reactive ketones (excluding diaryl/α,β-unsaturated/α-hetero) is 1. The number of ketones is 1. The van der Waals surface area contributed by atoms with E-state index in [9.17, 15) is 34.1 Å². The second-order valence-corrected chi connectivity index (χ2v) is 16.4. The Morgan fingerprint density at radius 1 is 0.793 bits per heavy atom. The minimum atomic E-state index is -4.47. The highest BCUT2D eigenvalue weighted by Crippen LogP contribution is 2.43. The molecule has 58 heavy (non-hydrogen) atoms. The number of carbonyl (C=O) groups is 3. The summed E-state index contributed by atoms with van der Waals surface area (Å²) in [5, 5.41) is 20.7. The van der Waals surface area contributed by atoms with Crippen LogP contribution in [0.4, 0.5) is 0 Å². The fraction of sp³-hybridized carbons (Fsp3) is 0.711. The number of carbonyl (C=O) groups excluding carboxylic acids is 3. The highest BCUT2D eigenvalue weighted by molar-refractivity contribution is 7.47. The van der Waals surface area contributed by atoms with Gasteiger partial charge in [-0.05, 0) is 64.2 Å². The van der Waals surface area contributed by atoms with Crippen molar-refractivity contribution in [2.75, 3.05) is 26.4 Å². The molecule has 0 radical (unpaired) electrons. The standard InChI is InChI=1S/C45H76NO11P/c1-3-5-7-8-9-10-11-12-13-14-15-16-17-18-19-20-25-29-44(50)54-36-39(37-56-58(52,53)55-34-33-46)57-45(51)30-26-22-21-24-28-40-41(43(49)35-42(40)48)32-31-38(47)27-23-6-4-2/h12-13,15-16,18-19,21,24,31-32,38-42,47-48H,3-11,14,17,20,22-23,25-30,33-37,46H2,1-2H3,(H,52,53)/b13-12-,16-15-,19-18-,24-21-,32-31+/t38-,39+,40+,41+,42-/m0/s1. The van der Waals surface area contributed by atoms with E-state index in [1.165, 1.54) is 38.5 Å². The van der Waals surface area contributed by atoms with Crippen LogP contribution in [0.25, 0.3) is 0 Å². The summed E-state index contributed by atoms with van der Waals surface area (Å²) < 4.78 is 32.7. The van der Waals surface area contributed by atoms with Gasteiger partial charge in [0.05, 0.1) is 25.4 Å². The van der Waals surface area contributed by atoms with Gasteiger partial charge in [-0.2, -0.15) is 0 Å². The van der Waals surface area contributed by atoms with E-state index in [0.717, 1.165) is 38.5 Å². The van der Waals surface area contributed by atoms with Crippen molar-refractivity contribution in [3.63, 3.8) is 0 Å². The fourth-order valence-corrected chi connectivity index (χ4v) is 7.16. The number of aliphatic hydroxyl groups is 2. The zero-order valence-corrected chi connectivity index (χ0v) is 36.4. The minimum absolute atomic E-state index is 0.00158. The Kier molecular flexibility index (Phi) is 32.3. The molecule has 0 aromatic heterocycles. The number of aliphatic hydroxyl groups excluding tert-OH is 2. The smallest absolute Gasteiger partial charge is 0.462 e. The van der Waals surface area contributed by atoms with Gasteiger partial charge in [-0.1, -0.05) is 126 Å². The number of phosphoric acid groups is 1. The lowest BCUT2D eigenvalue weighted by atomic mass is 9.90. The van der Waals surface area contributed by atoms with Gasteiger partial charge in [0.15, 0.2) is 6.10 Å². The van der Waals surface area contributed by atoms with Crippen molar-refractivity contribution in [2.24, 2.45) is 17.6 Å². The van der Waals surface area contributed by atoms with E-state index in [2.05, 4.69) is 44.2 Å². The summed E-state index contributed by atoms with van der Waals surface area (Å²) in [7, 11) is -4.47. The largest absolute Gasteiger partial charge is 0.472 e. The molecule has 1 saturated carbocycles. The molecule has 332 valence electrons. The molecule has 6 atom stereocenters. The summed E-state index contributed by atoms with van der Waals surface area (Å²) in [6, 6.07) is 0. The van der Waals surface area contributed by atoms with Crippen molar-refractivity contribution in [1.29, 1.82) is 0 Å². The molecule has 0 aromatic carbocycles. The van der Waals surface area contributed by atoms with Crippen LogP contribution >= 0.6 is 7.82 Å². The van der Waals surface area contributed by atoms with Crippen molar-refractivity contribution in [3.8, 4) is 0 Å². The van der Waals surface area contributed by atoms with Crippen LogP contribution in [-0.2, 0) is 37.5 Å². The van der Waals surface area contributed by atoms with Crippen molar-refractivity contribution in [2.45, 2.75) is 167 Å². The third-order valence-electron chi connectivity index (χ3n) is 9.75. The minimum Gasteiger partial charge on any atom is -0.462 e. The van der Waals surface area contributed by atoms with Crippen molar-refractivity contribution < 1.29 is 52.6 Å². The van der Waals surface area contributed by atoms with Crippen molar-refractivity contribution in [3.05, 3.63) is 60.8 Å². The number of nitrogens with two attached hydrogens (primary N) is 1.